The van der Waals surface area contributed by atoms with Crippen LogP contribution in [-0.2, 0) is 6.42 Å². The first kappa shape index (κ1) is 17.6. The summed E-state index contributed by atoms with van der Waals surface area (Å²) in [6.45, 7) is 2.86. The Morgan fingerprint density at radius 2 is 1.89 bits per heavy atom. The molecule has 136 valence electrons. The number of rotatable bonds is 3. The lowest BCUT2D eigenvalue weighted by atomic mass is 10.00. The van der Waals surface area contributed by atoms with Crippen LogP contribution in [0.25, 0.3) is 0 Å². The summed E-state index contributed by atoms with van der Waals surface area (Å²) in [5.41, 5.74) is 6.41. The van der Waals surface area contributed by atoms with Gasteiger partial charge in [-0.15, -0.1) is 0 Å². The number of hydrogen-bond acceptors (Lipinski definition) is 3. The third-order valence-electron chi connectivity index (χ3n) is 4.77. The average Bonchev–Trinajstić information content (AvgIpc) is 2.82. The van der Waals surface area contributed by atoms with Gasteiger partial charge in [-0.25, -0.2) is 0 Å². The molecule has 1 atom stereocenters. The number of aryl methyl sites for hydroxylation is 1. The number of halogens is 1. The first-order valence-corrected chi connectivity index (χ1v) is 9.43. The van der Waals surface area contributed by atoms with E-state index in [-0.39, 0.29) is 11.8 Å². The number of aromatic hydroxyl groups is 1. The van der Waals surface area contributed by atoms with Crippen molar-refractivity contribution >= 4 is 23.0 Å². The zero-order chi connectivity index (χ0) is 18.8. The number of phenols is 1. The molecule has 0 saturated carbocycles. The molecule has 27 heavy (non-hydrogen) atoms. The quantitative estimate of drug-likeness (QED) is 0.657. The molecule has 1 heterocycles. The van der Waals surface area contributed by atoms with E-state index < -0.39 is 0 Å². The van der Waals surface area contributed by atoms with Gasteiger partial charge in [0.15, 0.2) is 0 Å². The van der Waals surface area contributed by atoms with Gasteiger partial charge in [0.05, 0.1) is 11.8 Å². The highest BCUT2D eigenvalue weighted by atomic mass is 35.5. The number of benzodiazepines with no additional fused rings is 1. The molecule has 1 aliphatic heterocycles. The number of anilines is 1. The summed E-state index contributed by atoms with van der Waals surface area (Å²) >= 11 is 6.27. The van der Waals surface area contributed by atoms with E-state index in [0.29, 0.717) is 5.02 Å². The number of nitrogens with one attached hydrogen (secondary N) is 1. The molecule has 3 nitrogen and oxygen atoms in total. The molecule has 4 rings (SSSR count). The molecule has 1 aliphatic rings. The minimum absolute atomic E-state index is 0.0989. The topological polar surface area (TPSA) is 44.6 Å². The largest absolute Gasteiger partial charge is 0.508 e. The summed E-state index contributed by atoms with van der Waals surface area (Å²) in [5, 5.41) is 13.9. The second kappa shape index (κ2) is 7.45. The van der Waals surface area contributed by atoms with E-state index in [1.807, 2.05) is 30.3 Å². The molecular weight excluding hydrogens is 356 g/mol. The summed E-state index contributed by atoms with van der Waals surface area (Å²) in [6.07, 6.45) is 0.859. The van der Waals surface area contributed by atoms with Crippen LogP contribution in [0.5, 0.6) is 5.75 Å². The monoisotopic (exact) mass is 376 g/mol. The van der Waals surface area contributed by atoms with Crippen molar-refractivity contribution in [2.75, 3.05) is 11.9 Å². The van der Waals surface area contributed by atoms with E-state index >= 15 is 0 Å². The van der Waals surface area contributed by atoms with Gasteiger partial charge in [0.25, 0.3) is 0 Å². The second-order valence-electron chi connectivity index (χ2n) is 6.94. The molecule has 3 aromatic carbocycles. The van der Waals surface area contributed by atoms with Gasteiger partial charge in [-0.05, 0) is 61.4 Å². The Morgan fingerprint density at radius 1 is 1.07 bits per heavy atom. The molecule has 4 heteroatoms. The maximum atomic E-state index is 9.65. The van der Waals surface area contributed by atoms with Gasteiger partial charge in [0, 0.05) is 28.4 Å². The van der Waals surface area contributed by atoms with Crippen molar-refractivity contribution in [2.24, 2.45) is 4.99 Å². The second-order valence-corrected chi connectivity index (χ2v) is 7.38. The van der Waals surface area contributed by atoms with Crippen molar-refractivity contribution in [3.8, 4) is 5.75 Å². The van der Waals surface area contributed by atoms with Crippen LogP contribution in [-0.4, -0.2) is 23.4 Å². The molecule has 2 N–H and O–H groups in total. The number of fused-ring (bicyclic) bond motifs is 1. The maximum Gasteiger partial charge on any atom is 0.115 e. The fourth-order valence-corrected chi connectivity index (χ4v) is 3.64. The van der Waals surface area contributed by atoms with Gasteiger partial charge in [0.1, 0.15) is 5.75 Å². The number of aliphatic imine (C=N–C) groups is 1. The standard InChI is InChI=1S/C23H21ClN2O/c1-15-3-2-4-16(11-15)12-19-14-25-22-10-7-18(24)13-21(22)23(26-19)17-5-8-20(27)9-6-17/h2-11,13,19,25,27H,12,14H2,1H3. The van der Waals surface area contributed by atoms with Gasteiger partial charge >= 0.3 is 0 Å². The van der Waals surface area contributed by atoms with E-state index in [4.69, 9.17) is 16.6 Å². The Morgan fingerprint density at radius 3 is 2.67 bits per heavy atom. The number of benzene rings is 3. The molecular formula is C23H21ClN2O. The average molecular weight is 377 g/mol. The van der Waals surface area contributed by atoms with Gasteiger partial charge in [0.2, 0.25) is 0 Å². The molecule has 0 radical (unpaired) electrons. The maximum absolute atomic E-state index is 9.65. The fourth-order valence-electron chi connectivity index (χ4n) is 3.47. The van der Waals surface area contributed by atoms with Crippen molar-refractivity contribution in [3.05, 3.63) is 94.0 Å². The Labute approximate surface area is 164 Å². The SMILES string of the molecule is Cc1cccc(CC2CNc3ccc(Cl)cc3C(c3ccc(O)cc3)=N2)c1. The van der Waals surface area contributed by atoms with Gasteiger partial charge in [-0.2, -0.15) is 0 Å². The van der Waals surface area contributed by atoms with E-state index in [1.165, 1.54) is 11.1 Å². The van der Waals surface area contributed by atoms with Crippen molar-refractivity contribution in [2.45, 2.75) is 19.4 Å². The Kier molecular flexibility index (Phi) is 4.87. The van der Waals surface area contributed by atoms with Crippen molar-refractivity contribution in [1.82, 2.24) is 0 Å². The van der Waals surface area contributed by atoms with Crippen LogP contribution in [0.15, 0.2) is 71.7 Å². The molecule has 0 aromatic heterocycles. The number of phenolic OH excluding ortho intramolecular Hbond substituents is 1. The smallest absolute Gasteiger partial charge is 0.115 e. The highest BCUT2D eigenvalue weighted by molar-refractivity contribution is 6.31. The molecule has 0 aliphatic carbocycles. The molecule has 0 bridgehead atoms. The van der Waals surface area contributed by atoms with Gasteiger partial charge in [-0.1, -0.05) is 41.4 Å². The van der Waals surface area contributed by atoms with E-state index in [1.54, 1.807) is 12.1 Å². The third kappa shape index (κ3) is 3.99. The van der Waals surface area contributed by atoms with Crippen LogP contribution in [0.3, 0.4) is 0 Å². The van der Waals surface area contributed by atoms with Crippen LogP contribution in [0, 0.1) is 6.92 Å². The minimum Gasteiger partial charge on any atom is -0.508 e. The van der Waals surface area contributed by atoms with Crippen LogP contribution in [0.1, 0.15) is 22.3 Å². The number of hydrogen-bond donors (Lipinski definition) is 2. The molecule has 1 unspecified atom stereocenters. The molecule has 0 saturated heterocycles. The first-order valence-electron chi connectivity index (χ1n) is 9.05. The minimum atomic E-state index is 0.0989. The summed E-state index contributed by atoms with van der Waals surface area (Å²) in [5.74, 6) is 0.244. The lowest BCUT2D eigenvalue weighted by Crippen LogP contribution is -2.20. The summed E-state index contributed by atoms with van der Waals surface area (Å²) in [6, 6.07) is 21.7. The van der Waals surface area contributed by atoms with Crippen LogP contribution < -0.4 is 5.32 Å². The van der Waals surface area contributed by atoms with E-state index in [9.17, 15) is 5.11 Å². The highest BCUT2D eigenvalue weighted by Crippen LogP contribution is 2.28. The van der Waals surface area contributed by atoms with Crippen LogP contribution >= 0.6 is 11.6 Å². The predicted molar refractivity (Wildman–Crippen MR) is 112 cm³/mol. The zero-order valence-electron chi connectivity index (χ0n) is 15.1. The summed E-state index contributed by atoms with van der Waals surface area (Å²) in [7, 11) is 0. The first-order chi connectivity index (χ1) is 13.1. The van der Waals surface area contributed by atoms with Crippen LogP contribution in [0.4, 0.5) is 5.69 Å². The lowest BCUT2D eigenvalue weighted by molar-refractivity contribution is 0.475. The molecule has 0 spiro atoms. The summed E-state index contributed by atoms with van der Waals surface area (Å²) in [4.78, 5) is 5.10. The van der Waals surface area contributed by atoms with E-state index in [2.05, 4.69) is 36.5 Å². The Bertz CT molecular complexity index is 996. The molecule has 3 aromatic rings. The molecule has 0 fully saturated rings. The predicted octanol–water partition coefficient (Wildman–Crippen LogP) is 5.23. The highest BCUT2D eigenvalue weighted by Gasteiger charge is 2.20. The van der Waals surface area contributed by atoms with Crippen molar-refractivity contribution in [1.29, 1.82) is 0 Å². The Hall–Kier alpha value is -2.78. The van der Waals surface area contributed by atoms with Gasteiger partial charge in [-0.3, -0.25) is 4.99 Å². The van der Waals surface area contributed by atoms with Crippen molar-refractivity contribution < 1.29 is 5.11 Å². The third-order valence-corrected chi connectivity index (χ3v) is 5.01. The molecule has 0 amide bonds. The normalized spacial score (nSPS) is 16.1. The zero-order valence-corrected chi connectivity index (χ0v) is 15.9. The van der Waals surface area contributed by atoms with E-state index in [0.717, 1.165) is 35.5 Å². The lowest BCUT2D eigenvalue weighted by Gasteiger charge is -2.13. The van der Waals surface area contributed by atoms with Crippen molar-refractivity contribution in [3.63, 3.8) is 0 Å². The fraction of sp³-hybridized carbons (Fsp3) is 0.174. The van der Waals surface area contributed by atoms with Crippen LogP contribution in [0.2, 0.25) is 5.02 Å². The summed E-state index contributed by atoms with van der Waals surface area (Å²) < 4.78 is 0. The number of nitrogens with zero attached hydrogens (tertiary/aromatic N) is 1. The Balaban J connectivity index is 1.76. The van der Waals surface area contributed by atoms with Gasteiger partial charge < -0.3 is 10.4 Å².